The molecule has 0 unspecified atom stereocenters. The Hall–Kier alpha value is -1.88. The zero-order valence-electron chi connectivity index (χ0n) is 14.3. The van der Waals surface area contributed by atoms with E-state index in [1.807, 2.05) is 26.0 Å². The van der Waals surface area contributed by atoms with Crippen LogP contribution < -0.4 is 10.6 Å². The van der Waals surface area contributed by atoms with Crippen LogP contribution in [-0.2, 0) is 4.79 Å². The summed E-state index contributed by atoms with van der Waals surface area (Å²) >= 11 is 0. The topological polar surface area (TPSA) is 61.4 Å². The molecule has 1 aliphatic heterocycles. The van der Waals surface area contributed by atoms with Crippen LogP contribution >= 0.6 is 0 Å². The number of carbonyl (C=O) groups is 2. The molecule has 1 aromatic rings. The van der Waals surface area contributed by atoms with Crippen molar-refractivity contribution in [3.05, 3.63) is 29.8 Å². The Morgan fingerprint density at radius 1 is 1.26 bits per heavy atom. The second kappa shape index (κ2) is 8.11. The summed E-state index contributed by atoms with van der Waals surface area (Å²) in [4.78, 5) is 27.1. The number of piperidine rings is 1. The number of para-hydroxylation sites is 1. The van der Waals surface area contributed by atoms with Crippen molar-refractivity contribution in [3.63, 3.8) is 0 Å². The van der Waals surface area contributed by atoms with Crippen LogP contribution in [0.2, 0.25) is 0 Å². The quantitative estimate of drug-likeness (QED) is 0.877. The smallest absolute Gasteiger partial charge is 0.253 e. The lowest BCUT2D eigenvalue weighted by Gasteiger charge is -2.28. The number of nitrogens with zero attached hydrogens (tertiary/aromatic N) is 1. The summed E-state index contributed by atoms with van der Waals surface area (Å²) < 4.78 is 0. The molecule has 126 valence electrons. The van der Waals surface area contributed by atoms with Crippen molar-refractivity contribution >= 4 is 17.5 Å². The van der Waals surface area contributed by atoms with Gasteiger partial charge in [0.15, 0.2) is 0 Å². The predicted molar refractivity (Wildman–Crippen MR) is 92.5 cm³/mol. The fourth-order valence-electron chi connectivity index (χ4n) is 2.70. The van der Waals surface area contributed by atoms with E-state index in [1.54, 1.807) is 12.1 Å². The second-order valence-corrected chi connectivity index (χ2v) is 6.40. The molecule has 1 heterocycles. The number of amides is 2. The molecular weight excluding hydrogens is 290 g/mol. The molecule has 0 aliphatic carbocycles. The molecule has 1 atom stereocenters. The van der Waals surface area contributed by atoms with Crippen LogP contribution in [0.3, 0.4) is 0 Å². The first-order chi connectivity index (χ1) is 11.0. The number of carbonyl (C=O) groups excluding carboxylic acids is 2. The molecule has 0 radical (unpaired) electrons. The minimum Gasteiger partial charge on any atom is -0.350 e. The molecule has 1 saturated heterocycles. The number of nitrogens with one attached hydrogen (secondary N) is 2. The Kier molecular flexibility index (Phi) is 6.16. The molecule has 1 aromatic carbocycles. The standard InChI is InChI=1S/C18H27N3O2/c1-4-13(2)19-18(23)15-7-5-6-8-16(15)20-17(22)14-9-11-21(3)12-10-14/h5-8,13-14H,4,9-12H2,1-3H3,(H,19,23)(H,20,22)/t13-/m0/s1. The number of benzene rings is 1. The number of anilines is 1. The van der Waals surface area contributed by atoms with Gasteiger partial charge in [0.1, 0.15) is 0 Å². The molecule has 5 heteroatoms. The van der Waals surface area contributed by atoms with E-state index in [1.165, 1.54) is 0 Å². The molecule has 0 bridgehead atoms. The van der Waals surface area contributed by atoms with Crippen molar-refractivity contribution in [1.29, 1.82) is 0 Å². The SMILES string of the molecule is CC[C@H](C)NC(=O)c1ccccc1NC(=O)C1CCN(C)CC1. The molecule has 0 saturated carbocycles. The Labute approximate surface area is 138 Å². The average molecular weight is 317 g/mol. The lowest BCUT2D eigenvalue weighted by atomic mass is 9.96. The summed E-state index contributed by atoms with van der Waals surface area (Å²) in [5.41, 5.74) is 1.12. The monoisotopic (exact) mass is 317 g/mol. The van der Waals surface area contributed by atoms with E-state index in [-0.39, 0.29) is 23.8 Å². The van der Waals surface area contributed by atoms with Crippen LogP contribution in [0.5, 0.6) is 0 Å². The van der Waals surface area contributed by atoms with Crippen LogP contribution in [0.1, 0.15) is 43.5 Å². The van der Waals surface area contributed by atoms with Gasteiger partial charge >= 0.3 is 0 Å². The first-order valence-corrected chi connectivity index (χ1v) is 8.40. The van der Waals surface area contributed by atoms with Crippen molar-refractivity contribution in [2.24, 2.45) is 5.92 Å². The van der Waals surface area contributed by atoms with Gasteiger partial charge in [-0.25, -0.2) is 0 Å². The van der Waals surface area contributed by atoms with E-state index in [9.17, 15) is 9.59 Å². The van der Waals surface area contributed by atoms with Gasteiger partial charge in [-0.05, 0) is 58.5 Å². The highest BCUT2D eigenvalue weighted by Crippen LogP contribution is 2.21. The van der Waals surface area contributed by atoms with Crippen LogP contribution in [0.4, 0.5) is 5.69 Å². The lowest BCUT2D eigenvalue weighted by molar-refractivity contribution is -0.121. The van der Waals surface area contributed by atoms with Crippen molar-refractivity contribution in [1.82, 2.24) is 10.2 Å². The first kappa shape index (κ1) is 17.5. The van der Waals surface area contributed by atoms with E-state index >= 15 is 0 Å². The summed E-state index contributed by atoms with van der Waals surface area (Å²) in [7, 11) is 2.07. The van der Waals surface area contributed by atoms with Gasteiger partial charge in [-0.1, -0.05) is 19.1 Å². The highest BCUT2D eigenvalue weighted by atomic mass is 16.2. The second-order valence-electron chi connectivity index (χ2n) is 6.40. The fourth-order valence-corrected chi connectivity index (χ4v) is 2.70. The molecule has 2 rings (SSSR count). The van der Waals surface area contributed by atoms with E-state index in [4.69, 9.17) is 0 Å². The third-order valence-corrected chi connectivity index (χ3v) is 4.51. The van der Waals surface area contributed by atoms with Crippen LogP contribution in [-0.4, -0.2) is 42.9 Å². The summed E-state index contributed by atoms with van der Waals surface area (Å²) in [5, 5.41) is 5.90. The van der Waals surface area contributed by atoms with Crippen molar-refractivity contribution < 1.29 is 9.59 Å². The largest absolute Gasteiger partial charge is 0.350 e. The molecule has 2 N–H and O–H groups in total. The van der Waals surface area contributed by atoms with Gasteiger partial charge in [0.05, 0.1) is 11.3 Å². The minimum atomic E-state index is -0.140. The lowest BCUT2D eigenvalue weighted by Crippen LogP contribution is -2.36. The third-order valence-electron chi connectivity index (χ3n) is 4.51. The molecule has 5 nitrogen and oxygen atoms in total. The van der Waals surface area contributed by atoms with Gasteiger partial charge in [0.25, 0.3) is 5.91 Å². The van der Waals surface area contributed by atoms with E-state index in [0.29, 0.717) is 11.3 Å². The Balaban J connectivity index is 2.05. The maximum Gasteiger partial charge on any atom is 0.253 e. The van der Waals surface area contributed by atoms with Gasteiger partial charge in [0.2, 0.25) is 5.91 Å². The summed E-state index contributed by atoms with van der Waals surface area (Å²) in [5.74, 6) is -0.0996. The summed E-state index contributed by atoms with van der Waals surface area (Å²) in [6.07, 6.45) is 2.60. The summed E-state index contributed by atoms with van der Waals surface area (Å²) in [6, 6.07) is 7.31. The average Bonchev–Trinajstić information content (AvgIpc) is 2.55. The molecule has 1 fully saturated rings. The molecule has 0 spiro atoms. The third kappa shape index (κ3) is 4.79. The molecule has 0 aromatic heterocycles. The van der Waals surface area contributed by atoms with Crippen LogP contribution in [0.15, 0.2) is 24.3 Å². The fraction of sp³-hybridized carbons (Fsp3) is 0.556. The Morgan fingerprint density at radius 2 is 1.91 bits per heavy atom. The van der Waals surface area contributed by atoms with Crippen LogP contribution in [0, 0.1) is 5.92 Å². The van der Waals surface area contributed by atoms with Gasteiger partial charge in [-0.3, -0.25) is 9.59 Å². The molecule has 23 heavy (non-hydrogen) atoms. The number of hydrogen-bond acceptors (Lipinski definition) is 3. The molecular formula is C18H27N3O2. The maximum atomic E-state index is 12.5. The van der Waals surface area contributed by atoms with Gasteiger partial charge in [-0.15, -0.1) is 0 Å². The van der Waals surface area contributed by atoms with Crippen molar-refractivity contribution in [2.45, 2.75) is 39.2 Å². The maximum absolute atomic E-state index is 12.5. The van der Waals surface area contributed by atoms with Gasteiger partial charge in [-0.2, -0.15) is 0 Å². The van der Waals surface area contributed by atoms with Crippen LogP contribution in [0.25, 0.3) is 0 Å². The normalized spacial score (nSPS) is 17.5. The van der Waals surface area contributed by atoms with Crippen molar-refractivity contribution in [2.75, 3.05) is 25.5 Å². The molecule has 1 aliphatic rings. The highest BCUT2D eigenvalue weighted by molar-refractivity contribution is 6.04. The summed E-state index contributed by atoms with van der Waals surface area (Å²) in [6.45, 7) is 5.87. The minimum absolute atomic E-state index is 0.0156. The zero-order chi connectivity index (χ0) is 16.8. The van der Waals surface area contributed by atoms with Gasteiger partial charge < -0.3 is 15.5 Å². The number of hydrogen-bond donors (Lipinski definition) is 2. The van der Waals surface area contributed by atoms with E-state index in [2.05, 4.69) is 22.6 Å². The Bertz CT molecular complexity index is 551. The Morgan fingerprint density at radius 3 is 2.57 bits per heavy atom. The number of rotatable bonds is 5. The van der Waals surface area contributed by atoms with Gasteiger partial charge in [0, 0.05) is 12.0 Å². The molecule has 2 amide bonds. The first-order valence-electron chi connectivity index (χ1n) is 8.40. The van der Waals surface area contributed by atoms with E-state index < -0.39 is 0 Å². The predicted octanol–water partition coefficient (Wildman–Crippen LogP) is 2.50. The number of likely N-dealkylation sites (tertiary alicyclic amines) is 1. The van der Waals surface area contributed by atoms with E-state index in [0.717, 1.165) is 32.4 Å². The zero-order valence-corrected chi connectivity index (χ0v) is 14.3. The highest BCUT2D eigenvalue weighted by Gasteiger charge is 2.24. The van der Waals surface area contributed by atoms with Crippen molar-refractivity contribution in [3.8, 4) is 0 Å².